The van der Waals surface area contributed by atoms with E-state index >= 15 is 0 Å². The van der Waals surface area contributed by atoms with E-state index in [1.807, 2.05) is 24.4 Å². The van der Waals surface area contributed by atoms with Crippen LogP contribution in [-0.2, 0) is 10.0 Å². The Morgan fingerprint density at radius 1 is 1.53 bits per heavy atom. The predicted molar refractivity (Wildman–Crippen MR) is 75.6 cm³/mol. The molecular weight excluding hydrogens is 282 g/mol. The van der Waals surface area contributed by atoms with Gasteiger partial charge in [0.25, 0.3) is 0 Å². The van der Waals surface area contributed by atoms with Gasteiger partial charge in [-0.3, -0.25) is 5.10 Å². The lowest BCUT2D eigenvalue weighted by atomic mass is 10.1. The van der Waals surface area contributed by atoms with Crippen molar-refractivity contribution in [1.82, 2.24) is 14.9 Å². The normalized spacial score (nSPS) is 13.6. The molecule has 0 aliphatic heterocycles. The van der Waals surface area contributed by atoms with Gasteiger partial charge in [-0.05, 0) is 24.8 Å². The van der Waals surface area contributed by atoms with Crippen molar-refractivity contribution in [3.05, 3.63) is 34.3 Å². The van der Waals surface area contributed by atoms with Crippen LogP contribution in [0.1, 0.15) is 36.4 Å². The molecule has 0 radical (unpaired) electrons. The third-order valence-electron chi connectivity index (χ3n) is 2.83. The number of aromatic nitrogens is 2. The lowest BCUT2D eigenvalue weighted by Gasteiger charge is -2.16. The maximum Gasteiger partial charge on any atom is 0.244 e. The number of nitrogens with one attached hydrogen (secondary N) is 2. The summed E-state index contributed by atoms with van der Waals surface area (Å²) in [5, 5.41) is 8.36. The summed E-state index contributed by atoms with van der Waals surface area (Å²) in [5.74, 6) is 0. The number of hydrogen-bond donors (Lipinski definition) is 2. The van der Waals surface area contributed by atoms with Crippen molar-refractivity contribution in [1.29, 1.82) is 0 Å². The number of sulfonamides is 1. The molecule has 2 aromatic rings. The van der Waals surface area contributed by atoms with E-state index in [-0.39, 0.29) is 10.9 Å². The smallest absolute Gasteiger partial charge is 0.244 e. The average molecular weight is 299 g/mol. The van der Waals surface area contributed by atoms with E-state index in [4.69, 9.17) is 0 Å². The monoisotopic (exact) mass is 299 g/mol. The first-order chi connectivity index (χ1) is 9.04. The Morgan fingerprint density at radius 3 is 2.84 bits per heavy atom. The Morgan fingerprint density at radius 2 is 2.32 bits per heavy atom. The maximum absolute atomic E-state index is 12.3. The Hall–Kier alpha value is -1.18. The summed E-state index contributed by atoms with van der Waals surface area (Å²) in [6.45, 7) is 3.74. The fourth-order valence-electron chi connectivity index (χ4n) is 1.90. The van der Waals surface area contributed by atoms with Gasteiger partial charge in [-0.25, -0.2) is 13.1 Å². The molecule has 0 aromatic carbocycles. The van der Waals surface area contributed by atoms with E-state index in [9.17, 15) is 8.42 Å². The van der Waals surface area contributed by atoms with Crippen molar-refractivity contribution in [2.45, 2.75) is 37.6 Å². The van der Waals surface area contributed by atoms with Crippen molar-refractivity contribution in [2.75, 3.05) is 0 Å². The van der Waals surface area contributed by atoms with Crippen LogP contribution in [-0.4, -0.2) is 18.6 Å². The topological polar surface area (TPSA) is 74.8 Å². The van der Waals surface area contributed by atoms with Gasteiger partial charge in [-0.1, -0.05) is 19.4 Å². The summed E-state index contributed by atoms with van der Waals surface area (Å²) in [4.78, 5) is 1.25. The molecule has 2 N–H and O–H groups in total. The minimum atomic E-state index is -3.53. The van der Waals surface area contributed by atoms with E-state index < -0.39 is 10.0 Å². The van der Waals surface area contributed by atoms with Gasteiger partial charge >= 0.3 is 0 Å². The molecule has 2 aromatic heterocycles. The van der Waals surface area contributed by atoms with Crippen LogP contribution in [0.3, 0.4) is 0 Å². The summed E-state index contributed by atoms with van der Waals surface area (Å²) in [6.07, 6.45) is 3.03. The summed E-state index contributed by atoms with van der Waals surface area (Å²) in [7, 11) is -3.53. The number of aryl methyl sites for hydroxylation is 1. The molecule has 104 valence electrons. The van der Waals surface area contributed by atoms with Gasteiger partial charge in [0, 0.05) is 4.88 Å². The minimum absolute atomic E-state index is 0.177. The van der Waals surface area contributed by atoms with E-state index in [1.54, 1.807) is 18.3 Å². The van der Waals surface area contributed by atoms with Crippen LogP contribution < -0.4 is 4.72 Å². The molecule has 19 heavy (non-hydrogen) atoms. The Kier molecular flexibility index (Phi) is 4.38. The van der Waals surface area contributed by atoms with Crippen LogP contribution in [0, 0.1) is 6.92 Å². The van der Waals surface area contributed by atoms with Crippen LogP contribution >= 0.6 is 11.3 Å². The first kappa shape index (κ1) is 14.2. The third kappa shape index (κ3) is 3.23. The number of thiophene rings is 1. The molecule has 0 aliphatic rings. The van der Waals surface area contributed by atoms with Crippen LogP contribution in [0.2, 0.25) is 0 Å². The van der Waals surface area contributed by atoms with Gasteiger partial charge in [0.05, 0.1) is 17.9 Å². The van der Waals surface area contributed by atoms with E-state index in [0.29, 0.717) is 5.69 Å². The largest absolute Gasteiger partial charge is 0.281 e. The molecule has 2 heterocycles. The van der Waals surface area contributed by atoms with Crippen molar-refractivity contribution in [2.24, 2.45) is 0 Å². The zero-order chi connectivity index (χ0) is 13.9. The number of rotatable bonds is 6. The summed E-state index contributed by atoms with van der Waals surface area (Å²) >= 11 is 1.56. The Labute approximate surface area is 117 Å². The van der Waals surface area contributed by atoms with Crippen LogP contribution in [0.5, 0.6) is 0 Å². The number of aromatic amines is 1. The number of hydrogen-bond acceptors (Lipinski definition) is 4. The molecule has 2 rings (SSSR count). The van der Waals surface area contributed by atoms with Gasteiger partial charge in [-0.2, -0.15) is 5.10 Å². The Bertz CT molecular complexity index is 617. The highest BCUT2D eigenvalue weighted by Gasteiger charge is 2.24. The fraction of sp³-hybridized carbons (Fsp3) is 0.417. The summed E-state index contributed by atoms with van der Waals surface area (Å²) < 4.78 is 27.4. The minimum Gasteiger partial charge on any atom is -0.281 e. The second-order valence-corrected chi connectivity index (χ2v) is 7.00. The van der Waals surface area contributed by atoms with Crippen molar-refractivity contribution in [3.8, 4) is 0 Å². The molecule has 0 saturated heterocycles. The predicted octanol–water partition coefficient (Wildman–Crippen LogP) is 2.60. The highest BCUT2D eigenvalue weighted by molar-refractivity contribution is 7.89. The van der Waals surface area contributed by atoms with E-state index in [0.717, 1.165) is 17.7 Å². The lowest BCUT2D eigenvalue weighted by molar-refractivity contribution is 0.540. The van der Waals surface area contributed by atoms with E-state index in [1.165, 1.54) is 6.20 Å². The zero-order valence-electron chi connectivity index (χ0n) is 10.9. The van der Waals surface area contributed by atoms with Crippen molar-refractivity contribution >= 4 is 21.4 Å². The lowest BCUT2D eigenvalue weighted by Crippen LogP contribution is -2.28. The highest BCUT2D eigenvalue weighted by Crippen LogP contribution is 2.25. The highest BCUT2D eigenvalue weighted by atomic mass is 32.2. The average Bonchev–Trinajstić information content (AvgIpc) is 2.98. The molecule has 7 heteroatoms. The number of nitrogens with zero attached hydrogens (tertiary/aromatic N) is 1. The van der Waals surface area contributed by atoms with Crippen molar-refractivity contribution in [3.63, 3.8) is 0 Å². The van der Waals surface area contributed by atoms with Crippen LogP contribution in [0.4, 0.5) is 0 Å². The second-order valence-electron chi connectivity index (χ2n) is 4.34. The molecule has 0 spiro atoms. The Balaban J connectivity index is 2.25. The first-order valence-corrected chi connectivity index (χ1v) is 8.46. The first-order valence-electron chi connectivity index (χ1n) is 6.10. The maximum atomic E-state index is 12.3. The SMILES string of the molecule is CCCC(NS(=O)(=O)c1cn[nH]c1C)c1cccs1. The van der Waals surface area contributed by atoms with Gasteiger partial charge in [0.2, 0.25) is 10.0 Å². The molecule has 1 atom stereocenters. The second kappa shape index (κ2) is 5.85. The molecule has 5 nitrogen and oxygen atoms in total. The van der Waals surface area contributed by atoms with Crippen molar-refractivity contribution < 1.29 is 8.42 Å². The van der Waals surface area contributed by atoms with Gasteiger partial charge in [-0.15, -0.1) is 11.3 Å². The summed E-state index contributed by atoms with van der Waals surface area (Å²) in [5.41, 5.74) is 0.550. The molecule has 0 amide bonds. The van der Waals surface area contributed by atoms with Gasteiger partial charge in [0.15, 0.2) is 0 Å². The number of H-pyrrole nitrogens is 1. The summed E-state index contributed by atoms with van der Waals surface area (Å²) in [6, 6.07) is 3.71. The van der Waals surface area contributed by atoms with Gasteiger partial charge in [0.1, 0.15) is 4.90 Å². The quantitative estimate of drug-likeness (QED) is 0.861. The van der Waals surface area contributed by atoms with Crippen LogP contribution in [0.15, 0.2) is 28.6 Å². The molecule has 0 aliphatic carbocycles. The standard InChI is InChI=1S/C12H17N3O2S2/c1-3-5-10(11-6-4-7-18-11)15-19(16,17)12-8-13-14-9(12)2/h4,6-8,10,15H,3,5H2,1-2H3,(H,13,14). The van der Waals surface area contributed by atoms with Gasteiger partial charge < -0.3 is 0 Å². The molecule has 1 unspecified atom stereocenters. The molecular formula is C12H17N3O2S2. The molecule has 0 saturated carbocycles. The van der Waals surface area contributed by atoms with Crippen LogP contribution in [0.25, 0.3) is 0 Å². The molecule has 0 bridgehead atoms. The molecule has 0 fully saturated rings. The third-order valence-corrected chi connectivity index (χ3v) is 5.41. The van der Waals surface area contributed by atoms with E-state index in [2.05, 4.69) is 14.9 Å². The zero-order valence-corrected chi connectivity index (χ0v) is 12.5. The fourth-order valence-corrected chi connectivity index (χ4v) is 4.17.